The van der Waals surface area contributed by atoms with Crippen LogP contribution < -0.4 is 11.1 Å². The summed E-state index contributed by atoms with van der Waals surface area (Å²) in [6.45, 7) is 3.25. The summed E-state index contributed by atoms with van der Waals surface area (Å²) in [4.78, 5) is 27.3. The summed E-state index contributed by atoms with van der Waals surface area (Å²) in [5.41, 5.74) is 7.23. The Morgan fingerprint density at radius 3 is 2.48 bits per heavy atom. The summed E-state index contributed by atoms with van der Waals surface area (Å²) in [7, 11) is 0. The number of anilines is 1. The van der Waals surface area contributed by atoms with Crippen molar-refractivity contribution in [3.05, 3.63) is 64.7 Å². The molecule has 0 saturated carbocycles. The second-order valence-electron chi connectivity index (χ2n) is 6.65. The van der Waals surface area contributed by atoms with Gasteiger partial charge in [-0.3, -0.25) is 9.59 Å². The lowest BCUT2D eigenvalue weighted by Crippen LogP contribution is -2.35. The Labute approximate surface area is 170 Å². The van der Waals surface area contributed by atoms with Crippen molar-refractivity contribution in [2.75, 3.05) is 18.4 Å². The number of benzene rings is 2. The van der Waals surface area contributed by atoms with Crippen molar-refractivity contribution in [1.82, 2.24) is 4.90 Å². The van der Waals surface area contributed by atoms with Crippen molar-refractivity contribution in [1.29, 1.82) is 0 Å². The summed E-state index contributed by atoms with van der Waals surface area (Å²) in [6.07, 6.45) is 0.904. The Morgan fingerprint density at radius 1 is 1.19 bits per heavy atom. The van der Waals surface area contributed by atoms with Crippen molar-refractivity contribution >= 4 is 41.5 Å². The molecule has 1 aliphatic heterocycles. The van der Waals surface area contributed by atoms with Gasteiger partial charge in [0.25, 0.3) is 11.8 Å². The minimum atomic E-state index is -0.281. The van der Waals surface area contributed by atoms with Gasteiger partial charge in [-0.15, -0.1) is 12.4 Å². The van der Waals surface area contributed by atoms with Gasteiger partial charge in [-0.05, 0) is 62.2 Å². The van der Waals surface area contributed by atoms with Crippen LogP contribution in [0.25, 0.3) is 0 Å². The van der Waals surface area contributed by atoms with Gasteiger partial charge in [0.1, 0.15) is 0 Å². The molecule has 2 unspecified atom stereocenters. The van der Waals surface area contributed by atoms with E-state index in [0.29, 0.717) is 40.8 Å². The zero-order valence-corrected chi connectivity index (χ0v) is 16.6. The molecule has 1 fully saturated rings. The van der Waals surface area contributed by atoms with E-state index in [-0.39, 0.29) is 30.3 Å². The fourth-order valence-corrected chi connectivity index (χ4v) is 3.45. The molecular weight excluding hydrogens is 385 g/mol. The maximum absolute atomic E-state index is 13.0. The highest BCUT2D eigenvalue weighted by molar-refractivity contribution is 6.30. The number of hydrogen-bond acceptors (Lipinski definition) is 3. The largest absolute Gasteiger partial charge is 0.336 e. The number of amides is 2. The van der Waals surface area contributed by atoms with Crippen molar-refractivity contribution < 1.29 is 9.59 Å². The van der Waals surface area contributed by atoms with Gasteiger partial charge in [0.05, 0.1) is 11.3 Å². The normalized spacial score (nSPS) is 18.7. The first-order valence-electron chi connectivity index (χ1n) is 8.66. The average molecular weight is 408 g/mol. The van der Waals surface area contributed by atoms with Crippen LogP contribution in [0.2, 0.25) is 5.02 Å². The number of carbonyl (C=O) groups is 2. The van der Waals surface area contributed by atoms with Crippen LogP contribution in [-0.2, 0) is 0 Å². The number of nitrogens with two attached hydrogens (primary N) is 1. The van der Waals surface area contributed by atoms with Crippen LogP contribution in [0.1, 0.15) is 34.1 Å². The highest BCUT2D eigenvalue weighted by atomic mass is 35.5. The minimum absolute atomic E-state index is 0. The molecule has 7 heteroatoms. The summed E-state index contributed by atoms with van der Waals surface area (Å²) < 4.78 is 0. The summed E-state index contributed by atoms with van der Waals surface area (Å²) in [5.74, 6) is -0.0403. The molecule has 5 nitrogen and oxygen atoms in total. The van der Waals surface area contributed by atoms with Gasteiger partial charge in [-0.1, -0.05) is 23.7 Å². The minimum Gasteiger partial charge on any atom is -0.336 e. The van der Waals surface area contributed by atoms with E-state index in [1.165, 1.54) is 0 Å². The number of carbonyl (C=O) groups excluding carboxylic acids is 2. The van der Waals surface area contributed by atoms with E-state index in [9.17, 15) is 9.59 Å². The summed E-state index contributed by atoms with van der Waals surface area (Å²) in [6, 6.07) is 13.8. The second-order valence-corrected chi connectivity index (χ2v) is 7.09. The number of nitrogens with one attached hydrogen (secondary N) is 1. The lowest BCUT2D eigenvalue weighted by Gasteiger charge is -2.23. The van der Waals surface area contributed by atoms with Crippen molar-refractivity contribution in [3.8, 4) is 0 Å². The van der Waals surface area contributed by atoms with Crippen LogP contribution in [0.3, 0.4) is 0 Å². The molecule has 3 N–H and O–H groups in total. The molecule has 0 spiro atoms. The van der Waals surface area contributed by atoms with Gasteiger partial charge in [0, 0.05) is 23.2 Å². The van der Waals surface area contributed by atoms with Gasteiger partial charge in [-0.25, -0.2) is 0 Å². The molecule has 1 heterocycles. The van der Waals surface area contributed by atoms with Gasteiger partial charge in [0.2, 0.25) is 0 Å². The Balaban J connectivity index is 0.00000261. The van der Waals surface area contributed by atoms with Crippen molar-refractivity contribution in [2.45, 2.75) is 19.4 Å². The predicted octanol–water partition coefficient (Wildman–Crippen LogP) is 3.82. The first kappa shape index (κ1) is 21.2. The zero-order chi connectivity index (χ0) is 18.7. The number of halogens is 2. The molecular formula is C20H23Cl2N3O2. The molecule has 27 heavy (non-hydrogen) atoms. The van der Waals surface area contributed by atoms with Crippen LogP contribution in [0.5, 0.6) is 0 Å². The summed E-state index contributed by atoms with van der Waals surface area (Å²) >= 11 is 5.86. The highest BCUT2D eigenvalue weighted by Crippen LogP contribution is 2.27. The van der Waals surface area contributed by atoms with Gasteiger partial charge in [-0.2, -0.15) is 0 Å². The van der Waals surface area contributed by atoms with Gasteiger partial charge < -0.3 is 16.0 Å². The van der Waals surface area contributed by atoms with E-state index < -0.39 is 0 Å². The Kier molecular flexibility index (Phi) is 7.25. The third-order valence-electron chi connectivity index (χ3n) is 4.77. The molecule has 0 bridgehead atoms. The lowest BCUT2D eigenvalue weighted by atomic mass is 10.1. The number of nitrogens with zero attached hydrogens (tertiary/aromatic N) is 1. The Morgan fingerprint density at radius 2 is 1.85 bits per heavy atom. The number of para-hydroxylation sites is 1. The molecule has 2 amide bonds. The molecule has 3 rings (SSSR count). The van der Waals surface area contributed by atoms with E-state index in [4.69, 9.17) is 17.3 Å². The van der Waals surface area contributed by atoms with E-state index in [1.807, 2.05) is 11.8 Å². The Bertz CT molecular complexity index is 811. The maximum atomic E-state index is 13.0. The molecule has 2 aromatic rings. The monoisotopic (exact) mass is 407 g/mol. The smallest absolute Gasteiger partial charge is 0.256 e. The molecule has 1 saturated heterocycles. The molecule has 0 aromatic heterocycles. The second kappa shape index (κ2) is 9.22. The van der Waals surface area contributed by atoms with Crippen LogP contribution in [0.15, 0.2) is 48.5 Å². The zero-order valence-electron chi connectivity index (χ0n) is 15.0. The number of hydrogen-bond donors (Lipinski definition) is 2. The highest BCUT2D eigenvalue weighted by Gasteiger charge is 2.33. The molecule has 2 aromatic carbocycles. The first-order valence-corrected chi connectivity index (χ1v) is 9.04. The van der Waals surface area contributed by atoms with Crippen LogP contribution in [0.4, 0.5) is 5.69 Å². The van der Waals surface area contributed by atoms with E-state index in [2.05, 4.69) is 5.32 Å². The van der Waals surface area contributed by atoms with Crippen LogP contribution in [-0.4, -0.2) is 35.8 Å². The van der Waals surface area contributed by atoms with Crippen molar-refractivity contribution in [3.63, 3.8) is 0 Å². The lowest BCUT2D eigenvalue weighted by molar-refractivity contribution is 0.0744. The topological polar surface area (TPSA) is 75.4 Å². The van der Waals surface area contributed by atoms with Crippen LogP contribution in [0, 0.1) is 5.92 Å². The number of likely N-dealkylation sites (tertiary alicyclic amines) is 1. The van der Waals surface area contributed by atoms with E-state index in [0.717, 1.165) is 6.42 Å². The quantitative estimate of drug-likeness (QED) is 0.808. The maximum Gasteiger partial charge on any atom is 0.256 e. The average Bonchev–Trinajstić information content (AvgIpc) is 3.03. The standard InChI is InChI=1S/C20H22ClN3O2.ClH/c1-13-10-14(11-22)12-24(13)20(26)17-4-2-3-5-18(17)23-19(25)15-6-8-16(21)9-7-15;/h2-9,13-14H,10-12,22H2,1H3,(H,23,25);1H. The molecule has 144 valence electrons. The van der Waals surface area contributed by atoms with Gasteiger partial charge in [0.15, 0.2) is 0 Å². The first-order chi connectivity index (χ1) is 12.5. The molecule has 0 aliphatic carbocycles. The van der Waals surface area contributed by atoms with Crippen LogP contribution >= 0.6 is 24.0 Å². The third-order valence-corrected chi connectivity index (χ3v) is 5.02. The molecule has 0 radical (unpaired) electrons. The predicted molar refractivity (Wildman–Crippen MR) is 111 cm³/mol. The van der Waals surface area contributed by atoms with E-state index in [1.54, 1.807) is 48.5 Å². The van der Waals surface area contributed by atoms with E-state index >= 15 is 0 Å². The fourth-order valence-electron chi connectivity index (χ4n) is 3.33. The Hall–Kier alpha value is -2.08. The molecule has 1 aliphatic rings. The van der Waals surface area contributed by atoms with Gasteiger partial charge >= 0.3 is 0 Å². The SMILES string of the molecule is CC1CC(CN)CN1C(=O)c1ccccc1NC(=O)c1ccc(Cl)cc1.Cl. The molecule has 2 atom stereocenters. The summed E-state index contributed by atoms with van der Waals surface area (Å²) in [5, 5.41) is 3.40. The number of rotatable bonds is 4. The van der Waals surface area contributed by atoms with Crippen molar-refractivity contribution in [2.24, 2.45) is 11.7 Å². The fraction of sp³-hybridized carbons (Fsp3) is 0.300. The third kappa shape index (κ3) is 4.80.